The van der Waals surface area contributed by atoms with Crippen LogP contribution in [-0.2, 0) is 28.6 Å². The number of unbranched alkanes of at least 4 members (excludes halogenated alkanes) is 34. The van der Waals surface area contributed by atoms with Gasteiger partial charge in [0.05, 0.1) is 0 Å². The van der Waals surface area contributed by atoms with Crippen LogP contribution in [0.3, 0.4) is 0 Å². The molecule has 0 aliphatic heterocycles. The molecule has 6 nitrogen and oxygen atoms in total. The van der Waals surface area contributed by atoms with Gasteiger partial charge < -0.3 is 14.2 Å². The van der Waals surface area contributed by atoms with Crippen LogP contribution in [0.4, 0.5) is 0 Å². The van der Waals surface area contributed by atoms with Crippen LogP contribution in [0.1, 0.15) is 329 Å². The van der Waals surface area contributed by atoms with E-state index < -0.39 is 6.10 Å². The van der Waals surface area contributed by atoms with Crippen molar-refractivity contribution in [3.63, 3.8) is 0 Å². The zero-order chi connectivity index (χ0) is 57.1. The first-order valence-electron chi connectivity index (χ1n) is 33.7. The lowest BCUT2D eigenvalue weighted by Crippen LogP contribution is -2.30. The SMILES string of the molecule is CC/C=C\C/C=C\C/C=C\C/C=C\C/C=C\CCCCCCCC(=O)OC(COC(=O)CCCCC/C=C\C/C=C\C/C=C\CC)COC(=O)CCCCCCCCCCCCCCCCCCCCCCCCCCCCC. The molecular formula is C73H126O6. The fraction of sp³-hybridized carbons (Fsp3) is 0.740. The minimum Gasteiger partial charge on any atom is -0.462 e. The number of rotatable bonds is 61. The second-order valence-corrected chi connectivity index (χ2v) is 22.3. The van der Waals surface area contributed by atoms with E-state index in [9.17, 15) is 14.4 Å². The summed E-state index contributed by atoms with van der Waals surface area (Å²) in [5.41, 5.74) is 0. The predicted molar refractivity (Wildman–Crippen MR) is 344 cm³/mol. The van der Waals surface area contributed by atoms with Crippen LogP contribution in [0.5, 0.6) is 0 Å². The van der Waals surface area contributed by atoms with Crippen molar-refractivity contribution in [3.8, 4) is 0 Å². The molecule has 6 heteroatoms. The summed E-state index contributed by atoms with van der Waals surface area (Å²) < 4.78 is 16.9. The van der Waals surface area contributed by atoms with Crippen molar-refractivity contribution in [2.75, 3.05) is 13.2 Å². The summed E-state index contributed by atoms with van der Waals surface area (Å²) in [5.74, 6) is -0.931. The standard InChI is InChI=1S/C73H126O6/c1-4-7-10-13-16-19-22-25-27-29-31-33-34-35-36-37-38-40-41-43-45-48-51-54-57-60-63-66-72(75)78-69-70(68-77-71(74)65-62-59-56-53-50-47-24-21-18-15-12-9-6-3)79-73(76)67-64-61-58-55-52-49-46-44-42-39-32-30-28-26-23-20-17-14-11-8-5-2/h8-9,11-12,17-18,20-21,26,28,32,39,44,46-47,50,70H,4-7,10,13-16,19,22-25,27,29-31,33-38,40-43,45,48-49,51-69H2,1-3H3/b11-8-,12-9-,20-17-,21-18-,28-26-,39-32-,46-44-,50-47-. The Morgan fingerprint density at radius 2 is 0.494 bits per heavy atom. The third kappa shape index (κ3) is 65.0. The molecule has 454 valence electrons. The molecule has 0 aliphatic rings. The molecule has 79 heavy (non-hydrogen) atoms. The fourth-order valence-corrected chi connectivity index (χ4v) is 9.60. The molecular weight excluding hydrogens is 973 g/mol. The van der Waals surface area contributed by atoms with Gasteiger partial charge in [-0.2, -0.15) is 0 Å². The number of allylic oxidation sites excluding steroid dienone is 16. The molecule has 0 saturated heterocycles. The van der Waals surface area contributed by atoms with Gasteiger partial charge in [0.1, 0.15) is 13.2 Å². The zero-order valence-corrected chi connectivity index (χ0v) is 52.1. The van der Waals surface area contributed by atoms with E-state index in [1.165, 1.54) is 154 Å². The molecule has 1 unspecified atom stereocenters. The number of hydrogen-bond donors (Lipinski definition) is 0. The largest absolute Gasteiger partial charge is 0.462 e. The predicted octanol–water partition coefficient (Wildman–Crippen LogP) is 23.2. The molecule has 0 bridgehead atoms. The van der Waals surface area contributed by atoms with Gasteiger partial charge in [-0.15, -0.1) is 0 Å². The van der Waals surface area contributed by atoms with Crippen molar-refractivity contribution in [3.05, 3.63) is 97.2 Å². The highest BCUT2D eigenvalue weighted by molar-refractivity contribution is 5.71. The Labute approximate surface area is 489 Å². The molecule has 0 rings (SSSR count). The van der Waals surface area contributed by atoms with E-state index in [4.69, 9.17) is 14.2 Å². The van der Waals surface area contributed by atoms with Crippen molar-refractivity contribution in [2.45, 2.75) is 335 Å². The quantitative estimate of drug-likeness (QED) is 0.0261. The summed E-state index contributed by atoms with van der Waals surface area (Å²) in [6.45, 7) is 6.41. The topological polar surface area (TPSA) is 78.9 Å². The van der Waals surface area contributed by atoms with E-state index >= 15 is 0 Å². The van der Waals surface area contributed by atoms with Crippen molar-refractivity contribution in [2.24, 2.45) is 0 Å². The number of ether oxygens (including phenoxy) is 3. The first-order valence-corrected chi connectivity index (χ1v) is 33.7. The van der Waals surface area contributed by atoms with Crippen molar-refractivity contribution >= 4 is 17.9 Å². The Balaban J connectivity index is 4.30. The highest BCUT2D eigenvalue weighted by Gasteiger charge is 2.19. The van der Waals surface area contributed by atoms with Gasteiger partial charge in [0.25, 0.3) is 0 Å². The normalized spacial score (nSPS) is 12.7. The minimum absolute atomic E-state index is 0.0931. The minimum atomic E-state index is -0.801. The van der Waals surface area contributed by atoms with Crippen molar-refractivity contribution in [1.82, 2.24) is 0 Å². The van der Waals surface area contributed by atoms with Crippen LogP contribution in [-0.4, -0.2) is 37.2 Å². The maximum absolute atomic E-state index is 12.9. The number of hydrogen-bond acceptors (Lipinski definition) is 6. The Hall–Kier alpha value is -3.67. The van der Waals surface area contributed by atoms with Gasteiger partial charge in [-0.1, -0.05) is 311 Å². The molecule has 0 N–H and O–H groups in total. The maximum Gasteiger partial charge on any atom is 0.306 e. The zero-order valence-electron chi connectivity index (χ0n) is 52.1. The highest BCUT2D eigenvalue weighted by atomic mass is 16.6. The van der Waals surface area contributed by atoms with Crippen LogP contribution < -0.4 is 0 Å². The molecule has 0 saturated carbocycles. The van der Waals surface area contributed by atoms with Crippen LogP contribution in [0.25, 0.3) is 0 Å². The Morgan fingerprint density at radius 1 is 0.266 bits per heavy atom. The number of carbonyl (C=O) groups is 3. The monoisotopic (exact) mass is 1100 g/mol. The van der Waals surface area contributed by atoms with Crippen LogP contribution in [0.15, 0.2) is 97.2 Å². The van der Waals surface area contributed by atoms with E-state index in [0.717, 1.165) is 135 Å². The van der Waals surface area contributed by atoms with Gasteiger partial charge in [0.2, 0.25) is 0 Å². The van der Waals surface area contributed by atoms with E-state index in [2.05, 4.69) is 118 Å². The third-order valence-corrected chi connectivity index (χ3v) is 14.6. The van der Waals surface area contributed by atoms with Crippen LogP contribution in [0, 0.1) is 0 Å². The number of carbonyl (C=O) groups excluding carboxylic acids is 3. The summed E-state index contributed by atoms with van der Waals surface area (Å²) in [7, 11) is 0. The molecule has 0 amide bonds. The summed E-state index contributed by atoms with van der Waals surface area (Å²) in [6.07, 6.45) is 90.1. The third-order valence-electron chi connectivity index (χ3n) is 14.6. The van der Waals surface area contributed by atoms with Gasteiger partial charge >= 0.3 is 17.9 Å². The van der Waals surface area contributed by atoms with Crippen LogP contribution >= 0.6 is 0 Å². The maximum atomic E-state index is 12.9. The van der Waals surface area contributed by atoms with Gasteiger partial charge in [-0.05, 0) is 96.3 Å². The van der Waals surface area contributed by atoms with Gasteiger partial charge in [0.15, 0.2) is 6.10 Å². The van der Waals surface area contributed by atoms with E-state index in [1.54, 1.807) is 0 Å². The summed E-state index contributed by atoms with van der Waals surface area (Å²) in [5, 5.41) is 0. The van der Waals surface area contributed by atoms with Gasteiger partial charge in [-0.3, -0.25) is 14.4 Å². The molecule has 0 aliphatic carbocycles. The Morgan fingerprint density at radius 3 is 0.785 bits per heavy atom. The van der Waals surface area contributed by atoms with Crippen LogP contribution in [0.2, 0.25) is 0 Å². The first-order chi connectivity index (χ1) is 39.0. The lowest BCUT2D eigenvalue weighted by Gasteiger charge is -2.18. The van der Waals surface area contributed by atoms with E-state index in [-0.39, 0.29) is 31.1 Å². The molecule has 0 heterocycles. The average molecular weight is 1100 g/mol. The highest BCUT2D eigenvalue weighted by Crippen LogP contribution is 2.18. The summed E-state index contributed by atoms with van der Waals surface area (Å²) in [6, 6.07) is 0. The first kappa shape index (κ1) is 75.3. The smallest absolute Gasteiger partial charge is 0.306 e. The molecule has 0 radical (unpaired) electrons. The van der Waals surface area contributed by atoms with Gasteiger partial charge in [0, 0.05) is 19.3 Å². The Bertz CT molecular complexity index is 1540. The average Bonchev–Trinajstić information content (AvgIpc) is 3.45. The molecule has 0 aromatic carbocycles. The molecule has 1 atom stereocenters. The van der Waals surface area contributed by atoms with Gasteiger partial charge in [-0.25, -0.2) is 0 Å². The van der Waals surface area contributed by atoms with E-state index in [0.29, 0.717) is 19.3 Å². The molecule has 0 spiro atoms. The molecule has 0 aromatic heterocycles. The van der Waals surface area contributed by atoms with E-state index in [1.807, 2.05) is 0 Å². The van der Waals surface area contributed by atoms with Crippen molar-refractivity contribution in [1.29, 1.82) is 0 Å². The van der Waals surface area contributed by atoms with Crippen molar-refractivity contribution < 1.29 is 28.6 Å². The molecule has 0 aromatic rings. The fourth-order valence-electron chi connectivity index (χ4n) is 9.60. The summed E-state index contributed by atoms with van der Waals surface area (Å²) in [4.78, 5) is 38.3. The second kappa shape index (κ2) is 66.8. The lowest BCUT2D eigenvalue weighted by molar-refractivity contribution is -0.167. The second-order valence-electron chi connectivity index (χ2n) is 22.3. The lowest BCUT2D eigenvalue weighted by atomic mass is 10.0. The molecule has 0 fully saturated rings. The Kier molecular flexibility index (Phi) is 63.7. The summed E-state index contributed by atoms with van der Waals surface area (Å²) >= 11 is 0. The number of esters is 3.